The van der Waals surface area contributed by atoms with Gasteiger partial charge in [-0.25, -0.2) is 0 Å². The Morgan fingerprint density at radius 1 is 1.29 bits per heavy atom. The van der Waals surface area contributed by atoms with Crippen molar-refractivity contribution in [2.45, 2.75) is 6.54 Å². The number of hydrogen-bond donors (Lipinski definition) is 1. The maximum Gasteiger partial charge on any atom is 0.287 e. The molecule has 1 N–H and O–H groups in total. The van der Waals surface area contributed by atoms with Crippen LogP contribution in [0.2, 0.25) is 0 Å². The van der Waals surface area contributed by atoms with Gasteiger partial charge in [-0.1, -0.05) is 0 Å². The molecule has 0 aliphatic carbocycles. The molecule has 2 aromatic heterocycles. The summed E-state index contributed by atoms with van der Waals surface area (Å²) in [5.41, 5.74) is 0. The lowest BCUT2D eigenvalue weighted by Gasteiger charge is -2.27. The monoisotopic (exact) mass is 332 g/mol. The Hall–Kier alpha value is -2.68. The van der Waals surface area contributed by atoms with Crippen molar-refractivity contribution >= 4 is 17.8 Å². The van der Waals surface area contributed by atoms with Crippen molar-refractivity contribution < 1.29 is 13.9 Å². The standard InChI is InChI=1S/C15H20N6O3/c1-20(2)14-17-12(10-16-13(22)11-4-3-7-24-11)18-15(19-14)21-5-8-23-9-6-21/h3-4,7H,5-6,8-10H2,1-2H3,(H,16,22). The third-order valence-corrected chi connectivity index (χ3v) is 3.50. The predicted octanol–water partition coefficient (Wildman–Crippen LogP) is 0.297. The highest BCUT2D eigenvalue weighted by Crippen LogP contribution is 2.14. The van der Waals surface area contributed by atoms with Crippen LogP contribution in [0.3, 0.4) is 0 Å². The summed E-state index contributed by atoms with van der Waals surface area (Å²) in [4.78, 5) is 29.2. The van der Waals surface area contributed by atoms with Crippen LogP contribution in [-0.2, 0) is 11.3 Å². The first-order chi connectivity index (χ1) is 11.6. The van der Waals surface area contributed by atoms with E-state index < -0.39 is 0 Å². The minimum Gasteiger partial charge on any atom is -0.459 e. The van der Waals surface area contributed by atoms with Gasteiger partial charge in [0.1, 0.15) is 0 Å². The van der Waals surface area contributed by atoms with Crippen LogP contribution >= 0.6 is 0 Å². The summed E-state index contributed by atoms with van der Waals surface area (Å²) in [6.45, 7) is 2.95. The van der Waals surface area contributed by atoms with Crippen LogP contribution in [0.15, 0.2) is 22.8 Å². The molecule has 2 aromatic rings. The lowest BCUT2D eigenvalue weighted by Crippen LogP contribution is -2.38. The SMILES string of the molecule is CN(C)c1nc(CNC(=O)c2ccco2)nc(N2CCOCC2)n1. The quantitative estimate of drug-likeness (QED) is 0.835. The fourth-order valence-corrected chi connectivity index (χ4v) is 2.23. The van der Waals surface area contributed by atoms with Gasteiger partial charge in [-0.2, -0.15) is 15.0 Å². The molecule has 1 amide bonds. The number of nitrogens with zero attached hydrogens (tertiary/aromatic N) is 5. The van der Waals surface area contributed by atoms with Gasteiger partial charge >= 0.3 is 0 Å². The molecule has 9 heteroatoms. The Balaban J connectivity index is 1.75. The average molecular weight is 332 g/mol. The van der Waals surface area contributed by atoms with Crippen LogP contribution < -0.4 is 15.1 Å². The highest BCUT2D eigenvalue weighted by Gasteiger charge is 2.18. The number of nitrogens with one attached hydrogen (secondary N) is 1. The molecule has 3 heterocycles. The zero-order valence-corrected chi connectivity index (χ0v) is 13.7. The molecule has 0 unspecified atom stereocenters. The van der Waals surface area contributed by atoms with E-state index in [9.17, 15) is 4.79 Å². The van der Waals surface area contributed by atoms with Crippen LogP contribution in [0.5, 0.6) is 0 Å². The molecule has 128 valence electrons. The predicted molar refractivity (Wildman–Crippen MR) is 87.1 cm³/mol. The molecule has 0 atom stereocenters. The van der Waals surface area contributed by atoms with E-state index in [0.29, 0.717) is 30.9 Å². The number of rotatable bonds is 5. The average Bonchev–Trinajstić information content (AvgIpc) is 3.15. The zero-order valence-electron chi connectivity index (χ0n) is 13.7. The molecular weight excluding hydrogens is 312 g/mol. The van der Waals surface area contributed by atoms with E-state index in [0.717, 1.165) is 13.1 Å². The number of furan rings is 1. The minimum absolute atomic E-state index is 0.195. The zero-order chi connectivity index (χ0) is 16.9. The van der Waals surface area contributed by atoms with Crippen molar-refractivity contribution in [2.75, 3.05) is 50.2 Å². The first-order valence-electron chi connectivity index (χ1n) is 7.70. The Labute approximate surface area is 139 Å². The van der Waals surface area contributed by atoms with Crippen molar-refractivity contribution in [3.63, 3.8) is 0 Å². The Morgan fingerprint density at radius 2 is 2.08 bits per heavy atom. The number of aromatic nitrogens is 3. The molecule has 9 nitrogen and oxygen atoms in total. The van der Waals surface area contributed by atoms with Gasteiger partial charge in [-0.05, 0) is 12.1 Å². The second kappa shape index (κ2) is 7.26. The lowest BCUT2D eigenvalue weighted by molar-refractivity contribution is 0.0922. The Bertz CT molecular complexity index is 683. The van der Waals surface area contributed by atoms with Crippen LogP contribution in [0.25, 0.3) is 0 Å². The van der Waals surface area contributed by atoms with E-state index in [4.69, 9.17) is 9.15 Å². The van der Waals surface area contributed by atoms with Crippen molar-refractivity contribution in [2.24, 2.45) is 0 Å². The second-order valence-electron chi connectivity index (χ2n) is 5.51. The van der Waals surface area contributed by atoms with Gasteiger partial charge in [-0.15, -0.1) is 0 Å². The number of carbonyl (C=O) groups is 1. The van der Waals surface area contributed by atoms with E-state index >= 15 is 0 Å². The Kier molecular flexibility index (Phi) is 4.90. The summed E-state index contributed by atoms with van der Waals surface area (Å²) in [5.74, 6) is 1.59. The fourth-order valence-electron chi connectivity index (χ4n) is 2.23. The van der Waals surface area contributed by atoms with Crippen LogP contribution in [0.4, 0.5) is 11.9 Å². The van der Waals surface area contributed by atoms with Crippen molar-refractivity contribution in [1.29, 1.82) is 0 Å². The van der Waals surface area contributed by atoms with Crippen LogP contribution in [-0.4, -0.2) is 61.3 Å². The van der Waals surface area contributed by atoms with Crippen molar-refractivity contribution in [3.8, 4) is 0 Å². The fraction of sp³-hybridized carbons (Fsp3) is 0.467. The lowest BCUT2D eigenvalue weighted by atomic mass is 10.4. The molecule has 0 bridgehead atoms. The number of hydrogen-bond acceptors (Lipinski definition) is 8. The van der Waals surface area contributed by atoms with E-state index in [-0.39, 0.29) is 18.2 Å². The molecule has 1 aliphatic heterocycles. The number of carbonyl (C=O) groups excluding carboxylic acids is 1. The summed E-state index contributed by atoms with van der Waals surface area (Å²) < 4.78 is 10.4. The van der Waals surface area contributed by atoms with Crippen LogP contribution in [0, 0.1) is 0 Å². The first kappa shape index (κ1) is 16.2. The number of ether oxygens (including phenoxy) is 1. The summed E-state index contributed by atoms with van der Waals surface area (Å²) in [7, 11) is 3.73. The normalized spacial score (nSPS) is 14.5. The molecule has 0 radical (unpaired) electrons. The van der Waals surface area contributed by atoms with Gasteiger partial charge in [0.05, 0.1) is 26.0 Å². The summed E-state index contributed by atoms with van der Waals surface area (Å²) in [6.07, 6.45) is 1.46. The third-order valence-electron chi connectivity index (χ3n) is 3.50. The molecule has 24 heavy (non-hydrogen) atoms. The van der Waals surface area contributed by atoms with Gasteiger partial charge in [-0.3, -0.25) is 4.79 Å². The molecular formula is C15H20N6O3. The number of morpholine rings is 1. The van der Waals surface area contributed by atoms with Crippen molar-refractivity contribution in [3.05, 3.63) is 30.0 Å². The molecule has 0 saturated carbocycles. The summed E-state index contributed by atoms with van der Waals surface area (Å²) in [6, 6.07) is 3.27. The van der Waals surface area contributed by atoms with E-state index in [1.807, 2.05) is 19.0 Å². The molecule has 3 rings (SSSR count). The number of anilines is 2. The molecule has 0 spiro atoms. The Morgan fingerprint density at radius 3 is 2.75 bits per heavy atom. The molecule has 0 aromatic carbocycles. The molecule has 1 saturated heterocycles. The molecule has 1 aliphatic rings. The van der Waals surface area contributed by atoms with Gasteiger partial charge in [0.15, 0.2) is 11.6 Å². The third kappa shape index (κ3) is 3.80. The van der Waals surface area contributed by atoms with E-state index in [2.05, 4.69) is 25.2 Å². The smallest absolute Gasteiger partial charge is 0.287 e. The van der Waals surface area contributed by atoms with Crippen LogP contribution in [0.1, 0.15) is 16.4 Å². The van der Waals surface area contributed by atoms with Gasteiger partial charge in [0.25, 0.3) is 5.91 Å². The summed E-state index contributed by atoms with van der Waals surface area (Å²) in [5, 5.41) is 2.75. The number of amides is 1. The first-order valence-corrected chi connectivity index (χ1v) is 7.70. The van der Waals surface area contributed by atoms with Crippen molar-refractivity contribution in [1.82, 2.24) is 20.3 Å². The maximum atomic E-state index is 12.0. The minimum atomic E-state index is -0.306. The van der Waals surface area contributed by atoms with Gasteiger partial charge in [0, 0.05) is 27.2 Å². The highest BCUT2D eigenvalue weighted by atomic mass is 16.5. The maximum absolute atomic E-state index is 12.0. The molecule has 1 fully saturated rings. The van der Waals surface area contributed by atoms with E-state index in [1.165, 1.54) is 6.26 Å². The highest BCUT2D eigenvalue weighted by molar-refractivity contribution is 5.91. The second-order valence-corrected chi connectivity index (χ2v) is 5.51. The van der Waals surface area contributed by atoms with Gasteiger partial charge < -0.3 is 24.3 Å². The van der Waals surface area contributed by atoms with E-state index in [1.54, 1.807) is 12.1 Å². The van der Waals surface area contributed by atoms with Gasteiger partial charge in [0.2, 0.25) is 11.9 Å². The largest absolute Gasteiger partial charge is 0.459 e. The summed E-state index contributed by atoms with van der Waals surface area (Å²) >= 11 is 0. The topological polar surface area (TPSA) is 96.6 Å².